The Bertz CT molecular complexity index is 390. The molecule has 0 radical (unpaired) electrons. The van der Waals surface area contributed by atoms with E-state index in [0.29, 0.717) is 13.1 Å². The van der Waals surface area contributed by atoms with Crippen LogP contribution in [0, 0.1) is 0 Å². The lowest BCUT2D eigenvalue weighted by molar-refractivity contribution is -0.123. The molecule has 1 amide bonds. The zero-order valence-electron chi connectivity index (χ0n) is 13.3. The maximum absolute atomic E-state index is 12.2. The van der Waals surface area contributed by atoms with Crippen molar-refractivity contribution < 1.29 is 4.79 Å². The van der Waals surface area contributed by atoms with Crippen LogP contribution < -0.4 is 11.1 Å². The molecule has 3 N–H and O–H groups in total. The van der Waals surface area contributed by atoms with Crippen LogP contribution >= 0.6 is 0 Å². The third-order valence-corrected chi connectivity index (χ3v) is 3.65. The number of rotatable bonds is 10. The number of nitrogens with zero attached hydrogens (tertiary/aromatic N) is 1. The van der Waals surface area contributed by atoms with Gasteiger partial charge in [0, 0.05) is 19.1 Å². The molecule has 21 heavy (non-hydrogen) atoms. The molecule has 1 aromatic rings. The third kappa shape index (κ3) is 7.25. The fourth-order valence-corrected chi connectivity index (χ4v) is 2.34. The molecular formula is C17H29N3O. The molecule has 0 aliphatic rings. The monoisotopic (exact) mass is 291 g/mol. The second-order valence-electron chi connectivity index (χ2n) is 5.42. The average Bonchev–Trinajstić information content (AvgIpc) is 2.51. The molecule has 4 heteroatoms. The largest absolute Gasteiger partial charge is 0.352 e. The summed E-state index contributed by atoms with van der Waals surface area (Å²) in [6.07, 6.45) is 2.86. The van der Waals surface area contributed by atoms with Crippen LogP contribution in [-0.2, 0) is 11.3 Å². The van der Waals surface area contributed by atoms with E-state index in [0.717, 1.165) is 32.4 Å². The number of hydrogen-bond acceptors (Lipinski definition) is 3. The van der Waals surface area contributed by atoms with Crippen LogP contribution in [0.1, 0.15) is 38.7 Å². The van der Waals surface area contributed by atoms with Crippen LogP contribution in [0.3, 0.4) is 0 Å². The van der Waals surface area contributed by atoms with Gasteiger partial charge >= 0.3 is 0 Å². The van der Waals surface area contributed by atoms with Gasteiger partial charge in [-0.25, -0.2) is 0 Å². The first-order valence-corrected chi connectivity index (χ1v) is 7.95. The van der Waals surface area contributed by atoms with E-state index in [1.807, 2.05) is 18.2 Å². The lowest BCUT2D eigenvalue weighted by atomic mass is 10.1. The quantitative estimate of drug-likeness (QED) is 0.694. The molecule has 0 saturated carbocycles. The fourth-order valence-electron chi connectivity index (χ4n) is 2.34. The van der Waals surface area contributed by atoms with Crippen molar-refractivity contribution in [3.63, 3.8) is 0 Å². The summed E-state index contributed by atoms with van der Waals surface area (Å²) in [6, 6.07) is 10.5. The Morgan fingerprint density at radius 2 is 1.90 bits per heavy atom. The Hall–Kier alpha value is -1.39. The molecule has 0 atom stereocenters. The Morgan fingerprint density at radius 1 is 1.24 bits per heavy atom. The average molecular weight is 291 g/mol. The number of hydrogen-bond donors (Lipinski definition) is 2. The molecule has 1 rings (SSSR count). The van der Waals surface area contributed by atoms with Crippen molar-refractivity contribution in [2.24, 2.45) is 5.73 Å². The highest BCUT2D eigenvalue weighted by molar-refractivity contribution is 5.78. The highest BCUT2D eigenvalue weighted by Crippen LogP contribution is 2.05. The first kappa shape index (κ1) is 17.7. The maximum Gasteiger partial charge on any atom is 0.234 e. The predicted molar refractivity (Wildman–Crippen MR) is 87.9 cm³/mol. The first-order chi connectivity index (χ1) is 10.2. The van der Waals surface area contributed by atoms with Crippen LogP contribution in [0.2, 0.25) is 0 Å². The van der Waals surface area contributed by atoms with E-state index < -0.39 is 0 Å². The summed E-state index contributed by atoms with van der Waals surface area (Å²) in [5, 5.41) is 3.10. The molecule has 0 spiro atoms. The number of carbonyl (C=O) groups excluding carboxylic acids is 1. The first-order valence-electron chi connectivity index (χ1n) is 7.95. The van der Waals surface area contributed by atoms with E-state index in [-0.39, 0.29) is 11.9 Å². The van der Waals surface area contributed by atoms with Gasteiger partial charge in [0.1, 0.15) is 0 Å². The number of amides is 1. The molecule has 0 fully saturated rings. The highest BCUT2D eigenvalue weighted by atomic mass is 16.2. The second kappa shape index (κ2) is 10.4. The lowest BCUT2D eigenvalue weighted by Gasteiger charge is -2.23. The highest BCUT2D eigenvalue weighted by Gasteiger charge is 2.13. The number of benzene rings is 1. The minimum atomic E-state index is 0.108. The number of nitrogens with one attached hydrogen (secondary N) is 1. The normalized spacial score (nSPS) is 11.1. The van der Waals surface area contributed by atoms with E-state index in [2.05, 4.69) is 36.2 Å². The fraction of sp³-hybridized carbons (Fsp3) is 0.588. The molecule has 0 saturated heterocycles. The minimum Gasteiger partial charge on any atom is -0.352 e. The van der Waals surface area contributed by atoms with Gasteiger partial charge in [-0.2, -0.15) is 0 Å². The van der Waals surface area contributed by atoms with E-state index >= 15 is 0 Å². The molecule has 0 aromatic heterocycles. The zero-order chi connectivity index (χ0) is 15.5. The van der Waals surface area contributed by atoms with Crippen LogP contribution in [0.25, 0.3) is 0 Å². The van der Waals surface area contributed by atoms with E-state index in [4.69, 9.17) is 5.73 Å². The van der Waals surface area contributed by atoms with Crippen molar-refractivity contribution in [1.82, 2.24) is 10.2 Å². The molecule has 1 aromatic carbocycles. The zero-order valence-corrected chi connectivity index (χ0v) is 13.3. The predicted octanol–water partition coefficient (Wildman–Crippen LogP) is 2.14. The van der Waals surface area contributed by atoms with Crippen molar-refractivity contribution in [3.05, 3.63) is 35.9 Å². The maximum atomic E-state index is 12.2. The lowest BCUT2D eigenvalue weighted by Crippen LogP contribution is -2.42. The van der Waals surface area contributed by atoms with Crippen LogP contribution in [0.4, 0.5) is 0 Å². The van der Waals surface area contributed by atoms with Gasteiger partial charge in [-0.3, -0.25) is 9.69 Å². The van der Waals surface area contributed by atoms with E-state index in [1.54, 1.807) is 0 Å². The molecule has 0 aliphatic carbocycles. The van der Waals surface area contributed by atoms with Gasteiger partial charge in [-0.15, -0.1) is 0 Å². The molecular weight excluding hydrogens is 262 g/mol. The van der Waals surface area contributed by atoms with Gasteiger partial charge in [-0.05, 0) is 31.4 Å². The number of nitrogens with two attached hydrogens (primary N) is 1. The molecule has 0 heterocycles. The molecule has 4 nitrogen and oxygen atoms in total. The summed E-state index contributed by atoms with van der Waals surface area (Å²) in [4.78, 5) is 14.3. The topological polar surface area (TPSA) is 58.4 Å². The van der Waals surface area contributed by atoms with Crippen LogP contribution in [0.5, 0.6) is 0 Å². The van der Waals surface area contributed by atoms with Crippen LogP contribution in [-0.4, -0.2) is 36.5 Å². The Balaban J connectivity index is 2.54. The van der Waals surface area contributed by atoms with Crippen molar-refractivity contribution in [2.75, 3.05) is 19.6 Å². The SMILES string of the molecule is CCC(CC)NC(=O)CN(CCCN)Cc1ccccc1. The molecule has 118 valence electrons. The Kier molecular flexibility index (Phi) is 8.71. The smallest absolute Gasteiger partial charge is 0.234 e. The van der Waals surface area contributed by atoms with E-state index in [1.165, 1.54) is 5.56 Å². The second-order valence-corrected chi connectivity index (χ2v) is 5.42. The standard InChI is InChI=1S/C17H29N3O/c1-3-16(4-2)19-17(21)14-20(12-8-11-18)13-15-9-6-5-7-10-15/h5-7,9-10,16H,3-4,8,11-14,18H2,1-2H3,(H,19,21). The molecule has 0 aliphatic heterocycles. The number of carbonyl (C=O) groups is 1. The van der Waals surface area contributed by atoms with Gasteiger partial charge < -0.3 is 11.1 Å². The van der Waals surface area contributed by atoms with E-state index in [9.17, 15) is 4.79 Å². The summed E-state index contributed by atoms with van der Waals surface area (Å²) >= 11 is 0. The van der Waals surface area contributed by atoms with Crippen molar-refractivity contribution in [3.8, 4) is 0 Å². The van der Waals surface area contributed by atoms with Crippen molar-refractivity contribution >= 4 is 5.91 Å². The van der Waals surface area contributed by atoms with Crippen molar-refractivity contribution in [2.45, 2.75) is 45.7 Å². The van der Waals surface area contributed by atoms with Crippen LogP contribution in [0.15, 0.2) is 30.3 Å². The van der Waals surface area contributed by atoms with Gasteiger partial charge in [0.25, 0.3) is 0 Å². The van der Waals surface area contributed by atoms with Gasteiger partial charge in [0.15, 0.2) is 0 Å². The Labute approximate surface area is 128 Å². The molecule has 0 bridgehead atoms. The summed E-state index contributed by atoms with van der Waals surface area (Å²) in [5.74, 6) is 0.108. The van der Waals surface area contributed by atoms with Crippen molar-refractivity contribution in [1.29, 1.82) is 0 Å². The summed E-state index contributed by atoms with van der Waals surface area (Å²) in [6.45, 7) is 6.93. The Morgan fingerprint density at radius 3 is 2.48 bits per heavy atom. The molecule has 0 unspecified atom stereocenters. The summed E-state index contributed by atoms with van der Waals surface area (Å²) < 4.78 is 0. The summed E-state index contributed by atoms with van der Waals surface area (Å²) in [7, 11) is 0. The van der Waals surface area contributed by atoms with Gasteiger partial charge in [-0.1, -0.05) is 44.2 Å². The summed E-state index contributed by atoms with van der Waals surface area (Å²) in [5.41, 5.74) is 6.82. The van der Waals surface area contributed by atoms with Gasteiger partial charge in [0.2, 0.25) is 5.91 Å². The third-order valence-electron chi connectivity index (χ3n) is 3.65. The minimum absolute atomic E-state index is 0.108. The van der Waals surface area contributed by atoms with Gasteiger partial charge in [0.05, 0.1) is 6.54 Å².